The molecule has 3 heteroatoms. The molecule has 0 aromatic carbocycles. The standard InChI is InChI=1S/C17H31NO2/c1-2-3-6-14-7-9-15(10-8-14)16(20)18-17(13-19)11-4-5-12-17/h14-15,19H,2-13H2,1H3,(H,18,20). The number of unbranched alkanes of at least 4 members (excludes halogenated alkanes) is 1. The van der Waals surface area contributed by atoms with Crippen LogP contribution < -0.4 is 5.32 Å². The van der Waals surface area contributed by atoms with Crippen LogP contribution in [0.5, 0.6) is 0 Å². The molecule has 0 aromatic heterocycles. The smallest absolute Gasteiger partial charge is 0.223 e. The Morgan fingerprint density at radius 2 is 1.85 bits per heavy atom. The molecule has 2 fully saturated rings. The Labute approximate surface area is 123 Å². The maximum Gasteiger partial charge on any atom is 0.223 e. The molecule has 0 saturated heterocycles. The molecule has 2 saturated carbocycles. The van der Waals surface area contributed by atoms with E-state index in [0.29, 0.717) is 0 Å². The van der Waals surface area contributed by atoms with Gasteiger partial charge in [0, 0.05) is 5.92 Å². The topological polar surface area (TPSA) is 49.3 Å². The minimum atomic E-state index is -0.295. The number of hydrogen-bond acceptors (Lipinski definition) is 2. The van der Waals surface area contributed by atoms with Crippen molar-refractivity contribution >= 4 is 5.91 Å². The van der Waals surface area contributed by atoms with Crippen LogP contribution in [0.2, 0.25) is 0 Å². The lowest BCUT2D eigenvalue weighted by molar-refractivity contribution is -0.128. The normalized spacial score (nSPS) is 29.3. The molecule has 0 aliphatic heterocycles. The van der Waals surface area contributed by atoms with E-state index in [2.05, 4.69) is 12.2 Å². The van der Waals surface area contributed by atoms with E-state index in [1.165, 1.54) is 32.1 Å². The summed E-state index contributed by atoms with van der Waals surface area (Å²) in [6.07, 6.45) is 12.6. The molecule has 0 atom stereocenters. The van der Waals surface area contributed by atoms with E-state index in [9.17, 15) is 9.90 Å². The summed E-state index contributed by atoms with van der Waals surface area (Å²) >= 11 is 0. The first-order valence-corrected chi connectivity index (χ1v) is 8.62. The van der Waals surface area contributed by atoms with Crippen LogP contribution in [0.1, 0.15) is 77.6 Å². The number of hydrogen-bond donors (Lipinski definition) is 2. The molecule has 0 radical (unpaired) electrons. The highest BCUT2D eigenvalue weighted by Gasteiger charge is 2.37. The van der Waals surface area contributed by atoms with Gasteiger partial charge < -0.3 is 10.4 Å². The van der Waals surface area contributed by atoms with E-state index in [-0.39, 0.29) is 24.0 Å². The molecule has 116 valence electrons. The molecular weight excluding hydrogens is 250 g/mol. The van der Waals surface area contributed by atoms with Gasteiger partial charge in [-0.05, 0) is 44.4 Å². The van der Waals surface area contributed by atoms with Gasteiger partial charge in [0.15, 0.2) is 0 Å². The van der Waals surface area contributed by atoms with Crippen LogP contribution in [0.3, 0.4) is 0 Å². The molecule has 0 spiro atoms. The van der Waals surface area contributed by atoms with Gasteiger partial charge in [0.05, 0.1) is 12.1 Å². The summed E-state index contributed by atoms with van der Waals surface area (Å²) in [7, 11) is 0. The highest BCUT2D eigenvalue weighted by atomic mass is 16.3. The van der Waals surface area contributed by atoms with Gasteiger partial charge >= 0.3 is 0 Å². The Bertz CT molecular complexity index is 302. The summed E-state index contributed by atoms with van der Waals surface area (Å²) in [5.41, 5.74) is -0.295. The first-order valence-electron chi connectivity index (χ1n) is 8.62. The average molecular weight is 281 g/mol. The van der Waals surface area contributed by atoms with Crippen LogP contribution in [-0.4, -0.2) is 23.2 Å². The molecule has 20 heavy (non-hydrogen) atoms. The van der Waals surface area contributed by atoms with Gasteiger partial charge in [0.25, 0.3) is 0 Å². The van der Waals surface area contributed by atoms with E-state index >= 15 is 0 Å². The van der Waals surface area contributed by atoms with Gasteiger partial charge in [-0.1, -0.05) is 39.0 Å². The van der Waals surface area contributed by atoms with Gasteiger partial charge in [-0.25, -0.2) is 0 Å². The molecule has 2 N–H and O–H groups in total. The third-order valence-corrected chi connectivity index (χ3v) is 5.44. The van der Waals surface area contributed by atoms with Gasteiger partial charge in [-0.3, -0.25) is 4.79 Å². The van der Waals surface area contributed by atoms with Crippen molar-refractivity contribution in [2.45, 2.75) is 83.1 Å². The first-order chi connectivity index (χ1) is 9.69. The molecule has 2 rings (SSSR count). The Kier molecular flexibility index (Phi) is 5.88. The minimum absolute atomic E-state index is 0.102. The predicted octanol–water partition coefficient (Wildman–Crippen LogP) is 3.40. The molecule has 0 heterocycles. The van der Waals surface area contributed by atoms with Gasteiger partial charge in [0.1, 0.15) is 0 Å². The zero-order valence-corrected chi connectivity index (χ0v) is 13.0. The number of rotatable bonds is 6. The quantitative estimate of drug-likeness (QED) is 0.784. The molecular formula is C17H31NO2. The lowest BCUT2D eigenvalue weighted by atomic mass is 9.79. The van der Waals surface area contributed by atoms with E-state index in [0.717, 1.165) is 44.4 Å². The number of aliphatic hydroxyl groups is 1. The number of carbonyl (C=O) groups excluding carboxylic acids is 1. The lowest BCUT2D eigenvalue weighted by Gasteiger charge is -2.33. The maximum absolute atomic E-state index is 12.4. The van der Waals surface area contributed by atoms with Gasteiger partial charge in [-0.15, -0.1) is 0 Å². The van der Waals surface area contributed by atoms with Crippen molar-refractivity contribution in [3.05, 3.63) is 0 Å². The fourth-order valence-corrected chi connectivity index (χ4v) is 3.94. The minimum Gasteiger partial charge on any atom is -0.394 e. The summed E-state index contributed by atoms with van der Waals surface area (Å²) in [5, 5.41) is 12.8. The molecule has 2 aliphatic carbocycles. The summed E-state index contributed by atoms with van der Waals surface area (Å²) < 4.78 is 0. The van der Waals surface area contributed by atoms with Crippen LogP contribution in [0.4, 0.5) is 0 Å². The van der Waals surface area contributed by atoms with Crippen molar-refractivity contribution in [1.82, 2.24) is 5.32 Å². The monoisotopic (exact) mass is 281 g/mol. The van der Waals surface area contributed by atoms with E-state index in [1.54, 1.807) is 0 Å². The summed E-state index contributed by atoms with van der Waals surface area (Å²) in [5.74, 6) is 1.24. The van der Waals surface area contributed by atoms with Crippen molar-refractivity contribution in [3.8, 4) is 0 Å². The molecule has 2 aliphatic rings. The highest BCUT2D eigenvalue weighted by Crippen LogP contribution is 2.34. The molecule has 3 nitrogen and oxygen atoms in total. The van der Waals surface area contributed by atoms with Crippen molar-refractivity contribution < 1.29 is 9.90 Å². The van der Waals surface area contributed by atoms with Crippen LogP contribution in [0.25, 0.3) is 0 Å². The highest BCUT2D eigenvalue weighted by molar-refractivity contribution is 5.79. The maximum atomic E-state index is 12.4. The second-order valence-electron chi connectivity index (χ2n) is 6.99. The lowest BCUT2D eigenvalue weighted by Crippen LogP contribution is -2.51. The second-order valence-corrected chi connectivity index (χ2v) is 6.99. The molecule has 0 unspecified atom stereocenters. The van der Waals surface area contributed by atoms with Crippen molar-refractivity contribution in [2.24, 2.45) is 11.8 Å². The SMILES string of the molecule is CCCCC1CCC(C(=O)NC2(CO)CCCC2)CC1. The third kappa shape index (κ3) is 3.97. The average Bonchev–Trinajstić information content (AvgIpc) is 2.94. The van der Waals surface area contributed by atoms with E-state index < -0.39 is 0 Å². The second kappa shape index (κ2) is 7.44. The van der Waals surface area contributed by atoms with Crippen molar-refractivity contribution in [3.63, 3.8) is 0 Å². The molecule has 0 aromatic rings. The van der Waals surface area contributed by atoms with Crippen LogP contribution in [-0.2, 0) is 4.79 Å². The summed E-state index contributed by atoms with van der Waals surface area (Å²) in [6, 6.07) is 0. The van der Waals surface area contributed by atoms with E-state index in [4.69, 9.17) is 0 Å². The Morgan fingerprint density at radius 3 is 2.40 bits per heavy atom. The fraction of sp³-hybridized carbons (Fsp3) is 0.941. The Morgan fingerprint density at radius 1 is 1.20 bits per heavy atom. The number of amides is 1. The third-order valence-electron chi connectivity index (χ3n) is 5.44. The van der Waals surface area contributed by atoms with E-state index in [1.807, 2.05) is 0 Å². The predicted molar refractivity (Wildman–Crippen MR) is 81.4 cm³/mol. The van der Waals surface area contributed by atoms with Gasteiger partial charge in [-0.2, -0.15) is 0 Å². The fourth-order valence-electron chi connectivity index (χ4n) is 3.94. The zero-order valence-electron chi connectivity index (χ0n) is 13.0. The zero-order chi connectivity index (χ0) is 14.4. The van der Waals surface area contributed by atoms with Gasteiger partial charge in [0.2, 0.25) is 5.91 Å². The Balaban J connectivity index is 1.77. The van der Waals surface area contributed by atoms with Crippen molar-refractivity contribution in [2.75, 3.05) is 6.61 Å². The Hall–Kier alpha value is -0.570. The van der Waals surface area contributed by atoms with Crippen LogP contribution >= 0.6 is 0 Å². The van der Waals surface area contributed by atoms with Crippen LogP contribution in [0, 0.1) is 11.8 Å². The number of nitrogens with one attached hydrogen (secondary N) is 1. The molecule has 1 amide bonds. The van der Waals surface area contributed by atoms with Crippen molar-refractivity contribution in [1.29, 1.82) is 0 Å². The number of carbonyl (C=O) groups is 1. The van der Waals surface area contributed by atoms with Crippen LogP contribution in [0.15, 0.2) is 0 Å². The largest absolute Gasteiger partial charge is 0.394 e. The summed E-state index contributed by atoms with van der Waals surface area (Å²) in [6.45, 7) is 2.35. The molecule has 0 bridgehead atoms. The number of aliphatic hydroxyl groups excluding tert-OH is 1. The first kappa shape index (κ1) is 15.8. The summed E-state index contributed by atoms with van der Waals surface area (Å²) in [4.78, 5) is 12.4.